The fraction of sp³-hybridized carbons (Fsp3) is 0.600. The van der Waals surface area contributed by atoms with Crippen molar-refractivity contribution in [3.63, 3.8) is 0 Å². The van der Waals surface area contributed by atoms with E-state index in [4.69, 9.17) is 0 Å². The van der Waals surface area contributed by atoms with E-state index >= 15 is 0 Å². The lowest BCUT2D eigenvalue weighted by atomic mass is 9.66. The molecule has 0 aromatic rings. The molecule has 0 N–H and O–H groups in total. The van der Waals surface area contributed by atoms with E-state index in [0.29, 0.717) is 5.54 Å². The van der Waals surface area contributed by atoms with Gasteiger partial charge in [0.05, 0.1) is 0 Å². The van der Waals surface area contributed by atoms with Crippen LogP contribution in [0.15, 0.2) is 23.3 Å². The minimum Gasteiger partial charge on any atom is -0.300 e. The summed E-state index contributed by atoms with van der Waals surface area (Å²) in [5.74, 6) is 0. The van der Waals surface area contributed by atoms with Crippen LogP contribution < -0.4 is 0 Å². The predicted molar refractivity (Wildman–Crippen MR) is 47.5 cm³/mol. The zero-order valence-corrected chi connectivity index (χ0v) is 7.52. The summed E-state index contributed by atoms with van der Waals surface area (Å²) in [6, 6.07) is 0. The van der Waals surface area contributed by atoms with Crippen molar-refractivity contribution in [2.75, 3.05) is 14.1 Å². The van der Waals surface area contributed by atoms with Gasteiger partial charge in [-0.25, -0.2) is 0 Å². The highest BCUT2D eigenvalue weighted by Crippen LogP contribution is 2.47. The third-order valence-electron chi connectivity index (χ3n) is 3.13. The molecular weight excluding hydrogens is 134 g/mol. The molecule has 3 rings (SSSR count). The molecule has 0 atom stereocenters. The molecule has 0 radical (unpaired) electrons. The molecule has 0 heterocycles. The van der Waals surface area contributed by atoms with Gasteiger partial charge < -0.3 is 0 Å². The van der Waals surface area contributed by atoms with E-state index in [2.05, 4.69) is 38.1 Å². The standard InChI is InChI=1S/C10H15N/c1-8-4-5-10(11(2)3)6-9(8)7-10/h4-5H,6-7H2,1-3H3. The van der Waals surface area contributed by atoms with Gasteiger partial charge in [-0.2, -0.15) is 0 Å². The van der Waals surface area contributed by atoms with Crippen LogP contribution in [-0.2, 0) is 0 Å². The summed E-state index contributed by atoms with van der Waals surface area (Å²) in [6.45, 7) is 2.21. The summed E-state index contributed by atoms with van der Waals surface area (Å²) in [6.07, 6.45) is 7.16. The Kier molecular flexibility index (Phi) is 1.28. The Morgan fingerprint density at radius 3 is 2.36 bits per heavy atom. The Labute approximate surface area is 68.4 Å². The van der Waals surface area contributed by atoms with E-state index in [9.17, 15) is 0 Å². The lowest BCUT2D eigenvalue weighted by molar-refractivity contribution is 0.154. The predicted octanol–water partition coefficient (Wildman–Crippen LogP) is 1.97. The average molecular weight is 149 g/mol. The van der Waals surface area contributed by atoms with Crippen molar-refractivity contribution in [1.82, 2.24) is 4.90 Å². The number of hydrogen-bond acceptors (Lipinski definition) is 1. The van der Waals surface area contributed by atoms with Gasteiger partial charge in [0.25, 0.3) is 0 Å². The molecule has 1 saturated carbocycles. The number of rotatable bonds is 1. The van der Waals surface area contributed by atoms with Crippen molar-refractivity contribution in [3.05, 3.63) is 23.3 Å². The third kappa shape index (κ3) is 0.807. The number of allylic oxidation sites excluding steroid dienone is 2. The molecule has 0 spiro atoms. The molecule has 0 aromatic heterocycles. The lowest BCUT2D eigenvalue weighted by Gasteiger charge is -2.50. The molecule has 0 unspecified atom stereocenters. The second-order valence-electron chi connectivity index (χ2n) is 3.97. The summed E-state index contributed by atoms with van der Waals surface area (Å²) in [7, 11) is 4.34. The lowest BCUT2D eigenvalue weighted by Crippen LogP contribution is -2.51. The molecule has 0 aliphatic heterocycles. The van der Waals surface area contributed by atoms with Crippen LogP contribution in [0, 0.1) is 0 Å². The molecule has 3 aliphatic rings. The summed E-state index contributed by atoms with van der Waals surface area (Å²) < 4.78 is 0. The van der Waals surface area contributed by atoms with Crippen LogP contribution in [-0.4, -0.2) is 24.5 Å². The van der Waals surface area contributed by atoms with Gasteiger partial charge in [-0.1, -0.05) is 23.3 Å². The van der Waals surface area contributed by atoms with Gasteiger partial charge in [-0.05, 0) is 33.9 Å². The summed E-state index contributed by atoms with van der Waals surface area (Å²) in [5, 5.41) is 0. The quantitative estimate of drug-likeness (QED) is 0.551. The Morgan fingerprint density at radius 1 is 1.36 bits per heavy atom. The summed E-state index contributed by atoms with van der Waals surface area (Å²) in [5.41, 5.74) is 3.55. The fourth-order valence-electron chi connectivity index (χ4n) is 1.95. The Bertz CT molecular complexity index is 238. The molecule has 2 bridgehead atoms. The van der Waals surface area contributed by atoms with E-state index < -0.39 is 0 Å². The molecule has 1 heteroatoms. The van der Waals surface area contributed by atoms with Crippen molar-refractivity contribution in [1.29, 1.82) is 0 Å². The van der Waals surface area contributed by atoms with Crippen LogP contribution >= 0.6 is 0 Å². The summed E-state index contributed by atoms with van der Waals surface area (Å²) in [4.78, 5) is 2.33. The molecule has 3 aliphatic carbocycles. The molecular formula is C10H15N. The Balaban J connectivity index is 2.26. The van der Waals surface area contributed by atoms with Crippen LogP contribution in [0.4, 0.5) is 0 Å². The van der Waals surface area contributed by atoms with Crippen molar-refractivity contribution < 1.29 is 0 Å². The van der Waals surface area contributed by atoms with Gasteiger partial charge in [-0.3, -0.25) is 4.90 Å². The first-order chi connectivity index (χ1) is 5.14. The van der Waals surface area contributed by atoms with Crippen LogP contribution in [0.2, 0.25) is 0 Å². The average Bonchev–Trinajstić information content (AvgIpc) is 1.84. The maximum absolute atomic E-state index is 2.36. The molecule has 60 valence electrons. The van der Waals surface area contributed by atoms with Crippen molar-refractivity contribution in [2.45, 2.75) is 25.3 Å². The highest BCUT2D eigenvalue weighted by Gasteiger charge is 2.42. The third-order valence-corrected chi connectivity index (χ3v) is 3.13. The van der Waals surface area contributed by atoms with E-state index in [0.717, 1.165) is 0 Å². The van der Waals surface area contributed by atoms with E-state index in [1.165, 1.54) is 18.4 Å². The van der Waals surface area contributed by atoms with Crippen LogP contribution in [0.5, 0.6) is 0 Å². The molecule has 0 saturated heterocycles. The molecule has 1 fully saturated rings. The van der Waals surface area contributed by atoms with Crippen molar-refractivity contribution in [2.24, 2.45) is 0 Å². The van der Waals surface area contributed by atoms with Gasteiger partial charge in [0.2, 0.25) is 0 Å². The Hall–Kier alpha value is -0.560. The number of nitrogens with zero attached hydrogens (tertiary/aromatic N) is 1. The van der Waals surface area contributed by atoms with Crippen molar-refractivity contribution in [3.8, 4) is 0 Å². The van der Waals surface area contributed by atoms with Crippen LogP contribution in [0.1, 0.15) is 19.8 Å². The largest absolute Gasteiger partial charge is 0.300 e. The van der Waals surface area contributed by atoms with Gasteiger partial charge in [0, 0.05) is 5.54 Å². The highest BCUT2D eigenvalue weighted by atomic mass is 15.2. The first-order valence-corrected chi connectivity index (χ1v) is 4.19. The zero-order chi connectivity index (χ0) is 8.06. The topological polar surface area (TPSA) is 3.24 Å². The highest BCUT2D eigenvalue weighted by molar-refractivity contribution is 5.43. The SMILES string of the molecule is CC1=C2CC(N(C)C)(C=C1)C2. The molecule has 0 aromatic carbocycles. The molecule has 11 heavy (non-hydrogen) atoms. The van der Waals surface area contributed by atoms with Gasteiger partial charge in [0.15, 0.2) is 0 Å². The second kappa shape index (κ2) is 1.98. The summed E-state index contributed by atoms with van der Waals surface area (Å²) >= 11 is 0. The number of likely N-dealkylation sites (N-methyl/N-ethyl adjacent to an activating group) is 1. The van der Waals surface area contributed by atoms with E-state index in [1.54, 1.807) is 5.57 Å². The fourth-order valence-corrected chi connectivity index (χ4v) is 1.95. The Morgan fingerprint density at radius 2 is 2.00 bits per heavy atom. The van der Waals surface area contributed by atoms with E-state index in [-0.39, 0.29) is 0 Å². The van der Waals surface area contributed by atoms with Gasteiger partial charge in [-0.15, -0.1) is 0 Å². The van der Waals surface area contributed by atoms with Gasteiger partial charge >= 0.3 is 0 Å². The number of fused-ring (bicyclic) bond motifs is 1. The van der Waals surface area contributed by atoms with Crippen LogP contribution in [0.3, 0.4) is 0 Å². The number of hydrogen-bond donors (Lipinski definition) is 0. The first kappa shape index (κ1) is 7.11. The minimum absolute atomic E-state index is 0.398. The molecule has 1 nitrogen and oxygen atoms in total. The zero-order valence-electron chi connectivity index (χ0n) is 7.52. The maximum Gasteiger partial charge on any atom is 0.0463 e. The monoisotopic (exact) mass is 149 g/mol. The van der Waals surface area contributed by atoms with Crippen molar-refractivity contribution >= 4 is 0 Å². The van der Waals surface area contributed by atoms with Gasteiger partial charge in [0.1, 0.15) is 0 Å². The molecule has 0 amide bonds. The normalized spacial score (nSPS) is 25.8. The second-order valence-corrected chi connectivity index (χ2v) is 3.97. The van der Waals surface area contributed by atoms with Crippen LogP contribution in [0.25, 0.3) is 0 Å². The van der Waals surface area contributed by atoms with E-state index in [1.807, 2.05) is 0 Å². The maximum atomic E-state index is 2.36. The first-order valence-electron chi connectivity index (χ1n) is 4.19. The smallest absolute Gasteiger partial charge is 0.0463 e. The minimum atomic E-state index is 0.398.